The highest BCUT2D eigenvalue weighted by Crippen LogP contribution is 2.38. The molecule has 3 atom stereocenters. The maximum absolute atomic E-state index is 10.3. The molecule has 0 spiro atoms. The first kappa shape index (κ1) is 23.3. The first-order valence-corrected chi connectivity index (χ1v) is 12.8. The third kappa shape index (κ3) is 4.94. The van der Waals surface area contributed by atoms with Crippen LogP contribution in [0.4, 0.5) is 0 Å². The van der Waals surface area contributed by atoms with Crippen molar-refractivity contribution in [3.63, 3.8) is 0 Å². The van der Waals surface area contributed by atoms with Crippen molar-refractivity contribution in [2.24, 2.45) is 5.92 Å². The van der Waals surface area contributed by atoms with E-state index in [1.165, 1.54) is 10.4 Å². The minimum Gasteiger partial charge on any atom is -0.401 e. The molecule has 3 nitrogen and oxygen atoms in total. The van der Waals surface area contributed by atoms with Gasteiger partial charge in [0.2, 0.25) is 0 Å². The number of rotatable bonds is 8. The summed E-state index contributed by atoms with van der Waals surface area (Å²) >= 11 is 2.18. The van der Waals surface area contributed by atoms with Crippen LogP contribution in [0, 0.1) is 5.92 Å². The summed E-state index contributed by atoms with van der Waals surface area (Å²) in [4.78, 5) is 0. The predicted octanol–water partition coefficient (Wildman–Crippen LogP) is 3.87. The maximum Gasteiger partial charge on any atom is 0.261 e. The fourth-order valence-corrected chi connectivity index (χ4v) is 8.80. The maximum atomic E-state index is 10.3. The van der Waals surface area contributed by atoms with E-state index in [9.17, 15) is 10.2 Å². The van der Waals surface area contributed by atoms with E-state index < -0.39 is 14.4 Å². The minimum absolute atomic E-state index is 0.142. The molecule has 28 heavy (non-hydrogen) atoms. The predicted molar refractivity (Wildman–Crippen MR) is 128 cm³/mol. The van der Waals surface area contributed by atoms with Crippen LogP contribution in [-0.2, 0) is 4.43 Å². The topological polar surface area (TPSA) is 49.7 Å². The van der Waals surface area contributed by atoms with Crippen LogP contribution in [0.5, 0.6) is 0 Å². The lowest BCUT2D eigenvalue weighted by Crippen LogP contribution is -2.68. The Balaban J connectivity index is 2.69. The standard InChI is InChI=1S/C23H31IO3Si/c1-18(21(26)17-25)22(15-16-24)27-28(23(2,3)4,19-11-7-5-8-12-19)20-13-9-6-10-14-20/h5-16,18,21-22,25-26H,17H2,1-4H3/b16-15+/t18-,21?,22+/m1/s1. The first-order chi connectivity index (χ1) is 13.3. The second-order valence-electron chi connectivity index (χ2n) is 8.17. The Kier molecular flexibility index (Phi) is 8.45. The molecule has 0 saturated heterocycles. The quantitative estimate of drug-likeness (QED) is 0.419. The second kappa shape index (κ2) is 10.2. The fourth-order valence-electron chi connectivity index (χ4n) is 3.67. The largest absolute Gasteiger partial charge is 0.401 e. The molecule has 2 aromatic carbocycles. The van der Waals surface area contributed by atoms with E-state index in [4.69, 9.17) is 4.43 Å². The zero-order valence-corrected chi connectivity index (χ0v) is 20.2. The molecule has 0 saturated carbocycles. The Hall–Kier alpha value is -0.993. The van der Waals surface area contributed by atoms with E-state index in [0.717, 1.165) is 0 Å². The molecule has 0 radical (unpaired) electrons. The first-order valence-electron chi connectivity index (χ1n) is 9.62. The summed E-state index contributed by atoms with van der Waals surface area (Å²) in [5, 5.41) is 22.1. The van der Waals surface area contributed by atoms with Crippen molar-refractivity contribution < 1.29 is 14.6 Å². The van der Waals surface area contributed by atoms with Crippen molar-refractivity contribution in [1.82, 2.24) is 0 Å². The van der Waals surface area contributed by atoms with Crippen LogP contribution in [-0.4, -0.2) is 37.3 Å². The van der Waals surface area contributed by atoms with E-state index in [1.807, 2.05) is 29.2 Å². The van der Waals surface area contributed by atoms with Crippen molar-refractivity contribution >= 4 is 41.3 Å². The summed E-state index contributed by atoms with van der Waals surface area (Å²) in [7, 11) is -2.72. The van der Waals surface area contributed by atoms with Crippen LogP contribution in [0.15, 0.2) is 70.8 Å². The molecular weight excluding hydrogens is 479 g/mol. The van der Waals surface area contributed by atoms with Gasteiger partial charge in [-0.2, -0.15) is 0 Å². The molecule has 5 heteroatoms. The summed E-state index contributed by atoms with van der Waals surface area (Å²) < 4.78 is 9.01. The van der Waals surface area contributed by atoms with Crippen LogP contribution >= 0.6 is 22.6 Å². The molecule has 2 rings (SSSR count). The van der Waals surface area contributed by atoms with Gasteiger partial charge in [-0.15, -0.1) is 0 Å². The van der Waals surface area contributed by atoms with Gasteiger partial charge in [0.05, 0.1) is 18.8 Å². The third-order valence-electron chi connectivity index (χ3n) is 5.30. The molecule has 0 aliphatic carbocycles. The number of halogens is 1. The van der Waals surface area contributed by atoms with E-state index >= 15 is 0 Å². The summed E-state index contributed by atoms with van der Waals surface area (Å²) in [5.74, 6) is -0.238. The Bertz CT molecular complexity index is 704. The SMILES string of the molecule is C[C@H](C(O)CO)[C@H](/C=C/I)O[Si](c1ccccc1)(c1ccccc1)C(C)(C)C. The monoisotopic (exact) mass is 510 g/mol. The molecule has 2 N–H and O–H groups in total. The molecule has 152 valence electrons. The van der Waals surface area contributed by atoms with Gasteiger partial charge >= 0.3 is 0 Å². The van der Waals surface area contributed by atoms with Crippen molar-refractivity contribution in [3.05, 3.63) is 70.8 Å². The number of hydrogen-bond acceptors (Lipinski definition) is 3. The smallest absolute Gasteiger partial charge is 0.261 e. The van der Waals surface area contributed by atoms with Crippen LogP contribution in [0.1, 0.15) is 27.7 Å². The van der Waals surface area contributed by atoms with Gasteiger partial charge in [-0.25, -0.2) is 0 Å². The summed E-state index contributed by atoms with van der Waals surface area (Å²) in [6, 6.07) is 20.9. The van der Waals surface area contributed by atoms with Gasteiger partial charge in [0.15, 0.2) is 0 Å². The zero-order chi connectivity index (χ0) is 20.8. The van der Waals surface area contributed by atoms with Crippen LogP contribution in [0.25, 0.3) is 0 Å². The van der Waals surface area contributed by atoms with Gasteiger partial charge in [-0.05, 0) is 19.5 Å². The average Bonchev–Trinajstić information content (AvgIpc) is 2.70. The van der Waals surface area contributed by atoms with Gasteiger partial charge in [0.1, 0.15) is 0 Å². The van der Waals surface area contributed by atoms with Crippen molar-refractivity contribution in [1.29, 1.82) is 0 Å². The molecule has 1 unspecified atom stereocenters. The minimum atomic E-state index is -2.72. The lowest BCUT2D eigenvalue weighted by atomic mass is 9.99. The normalized spacial score (nSPS) is 16.1. The lowest BCUT2D eigenvalue weighted by Gasteiger charge is -2.46. The highest BCUT2D eigenvalue weighted by molar-refractivity contribution is 14.1. The van der Waals surface area contributed by atoms with Gasteiger partial charge in [0.25, 0.3) is 8.32 Å². The second-order valence-corrected chi connectivity index (χ2v) is 13.1. The molecule has 0 heterocycles. The van der Waals surface area contributed by atoms with Crippen LogP contribution < -0.4 is 10.4 Å². The van der Waals surface area contributed by atoms with Crippen molar-refractivity contribution in [2.45, 2.75) is 44.9 Å². The van der Waals surface area contributed by atoms with E-state index in [-0.39, 0.29) is 23.7 Å². The van der Waals surface area contributed by atoms with Gasteiger partial charge < -0.3 is 14.6 Å². The lowest BCUT2D eigenvalue weighted by molar-refractivity contribution is 0.0134. The number of aliphatic hydroxyl groups is 2. The van der Waals surface area contributed by atoms with Crippen molar-refractivity contribution in [3.8, 4) is 0 Å². The molecule has 0 aliphatic heterocycles. The van der Waals surface area contributed by atoms with Crippen LogP contribution in [0.2, 0.25) is 5.04 Å². The number of aliphatic hydroxyl groups excluding tert-OH is 2. The summed E-state index contributed by atoms with van der Waals surface area (Å²) in [6.45, 7) is 8.35. The van der Waals surface area contributed by atoms with Crippen molar-refractivity contribution in [2.75, 3.05) is 6.61 Å². The van der Waals surface area contributed by atoms with Gasteiger partial charge in [0, 0.05) is 5.92 Å². The Labute approximate surface area is 183 Å². The molecule has 0 aliphatic rings. The number of benzene rings is 2. The third-order valence-corrected chi connectivity index (χ3v) is 10.8. The average molecular weight is 510 g/mol. The molecule has 0 fully saturated rings. The van der Waals surface area contributed by atoms with E-state index in [0.29, 0.717) is 0 Å². The van der Waals surface area contributed by atoms with Gasteiger partial charge in [-0.1, -0.05) is 117 Å². The fraction of sp³-hybridized carbons (Fsp3) is 0.391. The van der Waals surface area contributed by atoms with E-state index in [2.05, 4.69) is 91.9 Å². The van der Waals surface area contributed by atoms with E-state index in [1.54, 1.807) is 0 Å². The summed E-state index contributed by atoms with van der Waals surface area (Å²) in [6.07, 6.45) is 0.838. The molecule has 0 amide bonds. The Morgan fingerprint density at radius 2 is 1.46 bits per heavy atom. The molecular formula is C23H31IO3Si. The Morgan fingerprint density at radius 1 is 1.00 bits per heavy atom. The van der Waals surface area contributed by atoms with Gasteiger partial charge in [-0.3, -0.25) is 0 Å². The zero-order valence-electron chi connectivity index (χ0n) is 17.0. The highest BCUT2D eigenvalue weighted by atomic mass is 127. The summed E-state index contributed by atoms with van der Waals surface area (Å²) in [5.41, 5.74) is 0. The molecule has 0 aromatic heterocycles. The molecule has 0 bridgehead atoms. The molecule has 2 aromatic rings. The van der Waals surface area contributed by atoms with Crippen LogP contribution in [0.3, 0.4) is 0 Å². The highest BCUT2D eigenvalue weighted by Gasteiger charge is 2.51. The number of hydrogen-bond donors (Lipinski definition) is 2. The Morgan fingerprint density at radius 3 is 1.82 bits per heavy atom.